The summed E-state index contributed by atoms with van der Waals surface area (Å²) in [5.74, 6) is -3.92. The molecule has 0 heterocycles. The van der Waals surface area contributed by atoms with Gasteiger partial charge in [0.15, 0.2) is 17.5 Å². The van der Waals surface area contributed by atoms with Crippen molar-refractivity contribution >= 4 is 23.7 Å². The molecule has 0 bridgehead atoms. The number of carbonyl (C=O) groups excluding carboxylic acids is 2. The van der Waals surface area contributed by atoms with E-state index in [0.717, 1.165) is 38.0 Å². The molecule has 0 saturated carbocycles. The topological polar surface area (TPSA) is 138 Å². The van der Waals surface area contributed by atoms with Crippen molar-refractivity contribution in [2.45, 2.75) is 135 Å². The number of aliphatic carboxylic acids is 2. The summed E-state index contributed by atoms with van der Waals surface area (Å²) in [6.45, 7) is 6.49. The minimum absolute atomic E-state index is 0.218. The Morgan fingerprint density at radius 2 is 1.29 bits per heavy atom. The average Bonchev–Trinajstić information content (AvgIpc) is 2.73. The third kappa shape index (κ3) is 15.8. The van der Waals surface area contributed by atoms with Crippen molar-refractivity contribution < 1.29 is 39.2 Å². The molecule has 0 rings (SSSR count). The number of carboxylic acids is 2. The quantitative estimate of drug-likeness (QED) is 0.139. The van der Waals surface area contributed by atoms with Crippen molar-refractivity contribution in [3.05, 3.63) is 0 Å². The maximum atomic E-state index is 12.6. The van der Waals surface area contributed by atoms with E-state index in [1.165, 1.54) is 32.1 Å². The average molecular weight is 487 g/mol. The Hall–Kier alpha value is -1.96. The molecule has 3 N–H and O–H groups in total. The summed E-state index contributed by atoms with van der Waals surface area (Å²) in [6.07, 6.45) is 9.92. The number of esters is 1. The molecule has 0 saturated heterocycles. The first-order valence-electron chi connectivity index (χ1n) is 12.9. The van der Waals surface area contributed by atoms with Gasteiger partial charge in [0, 0.05) is 6.42 Å². The Morgan fingerprint density at radius 1 is 0.765 bits per heavy atom. The molecule has 0 aromatic heterocycles. The van der Waals surface area contributed by atoms with Crippen LogP contribution in [0.3, 0.4) is 0 Å². The van der Waals surface area contributed by atoms with E-state index < -0.39 is 42.5 Å². The van der Waals surface area contributed by atoms with E-state index >= 15 is 0 Å². The van der Waals surface area contributed by atoms with Crippen LogP contribution in [0.4, 0.5) is 0 Å². The summed E-state index contributed by atoms with van der Waals surface area (Å²) in [7, 11) is 0. The third-order valence-corrected chi connectivity index (χ3v) is 5.94. The SMILES string of the molecule is CCCCCC(=O)C(CCCCCCCCCCC(C)C)OC(=O)CC(O)(CC(=O)O)C(=O)O. The summed E-state index contributed by atoms with van der Waals surface area (Å²) in [5.41, 5.74) is -2.77. The number of Topliss-reactive ketones (excluding diaryl/α,β-unsaturated/α-hetero) is 1. The summed E-state index contributed by atoms with van der Waals surface area (Å²) in [4.78, 5) is 47.1. The second-order valence-corrected chi connectivity index (χ2v) is 9.79. The number of rotatable bonds is 22. The number of carboxylic acid groups (broad SMARTS) is 2. The lowest BCUT2D eigenvalue weighted by atomic mass is 9.95. The zero-order chi connectivity index (χ0) is 26.0. The van der Waals surface area contributed by atoms with Crippen LogP contribution >= 0.6 is 0 Å². The largest absolute Gasteiger partial charge is 0.481 e. The highest BCUT2D eigenvalue weighted by molar-refractivity contribution is 5.90. The number of aliphatic hydroxyl groups is 1. The molecule has 2 unspecified atom stereocenters. The van der Waals surface area contributed by atoms with Crippen LogP contribution in [-0.4, -0.2) is 50.7 Å². The highest BCUT2D eigenvalue weighted by Crippen LogP contribution is 2.20. The molecule has 8 nitrogen and oxygen atoms in total. The first-order chi connectivity index (χ1) is 16.0. The minimum Gasteiger partial charge on any atom is -0.481 e. The first-order valence-corrected chi connectivity index (χ1v) is 12.9. The summed E-state index contributed by atoms with van der Waals surface area (Å²) < 4.78 is 5.26. The van der Waals surface area contributed by atoms with E-state index in [-0.39, 0.29) is 12.2 Å². The second kappa shape index (κ2) is 18.4. The van der Waals surface area contributed by atoms with Gasteiger partial charge in [0.25, 0.3) is 0 Å². The predicted octanol–water partition coefficient (Wildman–Crippen LogP) is 5.29. The minimum atomic E-state index is -2.77. The lowest BCUT2D eigenvalue weighted by molar-refractivity contribution is -0.174. The summed E-state index contributed by atoms with van der Waals surface area (Å²) >= 11 is 0. The highest BCUT2D eigenvalue weighted by Gasteiger charge is 2.42. The van der Waals surface area contributed by atoms with Crippen molar-refractivity contribution in [3.8, 4) is 0 Å². The van der Waals surface area contributed by atoms with Crippen LogP contribution < -0.4 is 0 Å². The fourth-order valence-corrected chi connectivity index (χ4v) is 3.84. The number of hydrogen-bond donors (Lipinski definition) is 3. The molecular weight excluding hydrogens is 440 g/mol. The molecule has 2 atom stereocenters. The molecule has 0 aromatic carbocycles. The normalized spacial score (nSPS) is 13.9. The number of ether oxygens (including phenoxy) is 1. The van der Waals surface area contributed by atoms with Crippen molar-refractivity contribution in [1.82, 2.24) is 0 Å². The maximum absolute atomic E-state index is 12.6. The van der Waals surface area contributed by atoms with Gasteiger partial charge in [0.1, 0.15) is 0 Å². The van der Waals surface area contributed by atoms with Gasteiger partial charge >= 0.3 is 17.9 Å². The molecule has 0 aliphatic heterocycles. The fourth-order valence-electron chi connectivity index (χ4n) is 3.84. The van der Waals surface area contributed by atoms with Crippen molar-refractivity contribution in [1.29, 1.82) is 0 Å². The van der Waals surface area contributed by atoms with Crippen LogP contribution in [0.5, 0.6) is 0 Å². The van der Waals surface area contributed by atoms with Crippen LogP contribution in [0.15, 0.2) is 0 Å². The van der Waals surface area contributed by atoms with E-state index in [0.29, 0.717) is 19.3 Å². The fraction of sp³-hybridized carbons (Fsp3) is 0.846. The first kappa shape index (κ1) is 32.0. The van der Waals surface area contributed by atoms with Crippen molar-refractivity contribution in [2.24, 2.45) is 5.92 Å². The van der Waals surface area contributed by atoms with E-state index in [2.05, 4.69) is 13.8 Å². The molecule has 0 fully saturated rings. The molecular formula is C26H46O8. The van der Waals surface area contributed by atoms with Crippen LogP contribution in [0.25, 0.3) is 0 Å². The Bertz CT molecular complexity index is 616. The Morgan fingerprint density at radius 3 is 1.76 bits per heavy atom. The van der Waals surface area contributed by atoms with E-state index in [9.17, 15) is 24.3 Å². The summed E-state index contributed by atoms with van der Waals surface area (Å²) in [5, 5.41) is 28.1. The van der Waals surface area contributed by atoms with Gasteiger partial charge in [-0.05, 0) is 25.2 Å². The zero-order valence-corrected chi connectivity index (χ0v) is 21.4. The Labute approximate surface area is 204 Å². The lowest BCUT2D eigenvalue weighted by Gasteiger charge is -2.22. The predicted molar refractivity (Wildman–Crippen MR) is 129 cm³/mol. The van der Waals surface area contributed by atoms with Crippen molar-refractivity contribution in [2.75, 3.05) is 0 Å². The van der Waals surface area contributed by atoms with Gasteiger partial charge in [-0.3, -0.25) is 14.4 Å². The number of carbonyl (C=O) groups is 4. The molecule has 0 aliphatic rings. The van der Waals surface area contributed by atoms with Gasteiger partial charge in [0.2, 0.25) is 0 Å². The highest BCUT2D eigenvalue weighted by atomic mass is 16.5. The van der Waals surface area contributed by atoms with E-state index in [4.69, 9.17) is 14.9 Å². The molecule has 34 heavy (non-hydrogen) atoms. The van der Waals surface area contributed by atoms with Crippen LogP contribution in [0.2, 0.25) is 0 Å². The lowest BCUT2D eigenvalue weighted by Crippen LogP contribution is -2.44. The molecule has 198 valence electrons. The maximum Gasteiger partial charge on any atom is 0.336 e. The van der Waals surface area contributed by atoms with Gasteiger partial charge < -0.3 is 20.1 Å². The monoisotopic (exact) mass is 486 g/mol. The molecule has 0 aliphatic carbocycles. The van der Waals surface area contributed by atoms with Gasteiger partial charge in [-0.2, -0.15) is 0 Å². The smallest absolute Gasteiger partial charge is 0.336 e. The third-order valence-electron chi connectivity index (χ3n) is 5.94. The molecule has 0 aromatic rings. The second-order valence-electron chi connectivity index (χ2n) is 9.79. The zero-order valence-electron chi connectivity index (χ0n) is 21.4. The van der Waals surface area contributed by atoms with Gasteiger partial charge in [0.05, 0.1) is 12.8 Å². The van der Waals surface area contributed by atoms with Gasteiger partial charge in [-0.25, -0.2) is 4.79 Å². The Balaban J connectivity index is 4.61. The van der Waals surface area contributed by atoms with Crippen LogP contribution in [0, 0.1) is 5.92 Å². The van der Waals surface area contributed by atoms with Gasteiger partial charge in [-0.1, -0.05) is 85.0 Å². The Kier molecular flexibility index (Phi) is 17.3. The molecule has 0 spiro atoms. The number of unbranched alkanes of at least 4 members (excludes halogenated alkanes) is 9. The van der Waals surface area contributed by atoms with Crippen molar-refractivity contribution in [3.63, 3.8) is 0 Å². The standard InChI is InChI=1S/C26H46O8/c1-4-5-12-16-21(27)22(17-14-11-9-7-6-8-10-13-15-20(2)3)34-24(30)19-26(33,25(31)32)18-23(28)29/h20,22,33H,4-19H2,1-3H3,(H,28,29)(H,31,32). The van der Waals surface area contributed by atoms with Crippen LogP contribution in [-0.2, 0) is 23.9 Å². The molecule has 8 heteroatoms. The van der Waals surface area contributed by atoms with E-state index in [1.54, 1.807) is 0 Å². The summed E-state index contributed by atoms with van der Waals surface area (Å²) in [6, 6.07) is 0. The molecule has 0 amide bonds. The van der Waals surface area contributed by atoms with E-state index in [1.807, 2.05) is 6.92 Å². The molecule has 0 radical (unpaired) electrons. The van der Waals surface area contributed by atoms with Crippen LogP contribution in [0.1, 0.15) is 124 Å². The number of hydrogen-bond acceptors (Lipinski definition) is 6. The number of ketones is 1. The van der Waals surface area contributed by atoms with Gasteiger partial charge in [-0.15, -0.1) is 0 Å².